The van der Waals surface area contributed by atoms with Gasteiger partial charge in [-0.2, -0.15) is 13.2 Å². The van der Waals surface area contributed by atoms with E-state index >= 15 is 0 Å². The van der Waals surface area contributed by atoms with Crippen molar-refractivity contribution in [2.24, 2.45) is 0 Å². The molecule has 2 aromatic rings. The molecule has 30 heavy (non-hydrogen) atoms. The Bertz CT molecular complexity index is 892. The number of carbonyl (C=O) groups is 2. The maximum atomic E-state index is 12.7. The second-order valence-electron chi connectivity index (χ2n) is 6.93. The summed E-state index contributed by atoms with van der Waals surface area (Å²) in [4.78, 5) is 28.1. The van der Waals surface area contributed by atoms with Crippen LogP contribution in [0.2, 0.25) is 0 Å². The van der Waals surface area contributed by atoms with Crippen molar-refractivity contribution in [1.29, 1.82) is 0 Å². The number of amides is 2. The summed E-state index contributed by atoms with van der Waals surface area (Å²) in [6.07, 6.45) is -4.34. The summed E-state index contributed by atoms with van der Waals surface area (Å²) < 4.78 is 42.7. The van der Waals surface area contributed by atoms with Crippen LogP contribution in [-0.2, 0) is 17.5 Å². The van der Waals surface area contributed by atoms with Gasteiger partial charge in [-0.15, -0.1) is 0 Å². The van der Waals surface area contributed by atoms with Gasteiger partial charge >= 0.3 is 18.2 Å². The molecule has 1 fully saturated rings. The van der Waals surface area contributed by atoms with Gasteiger partial charge in [0.1, 0.15) is 0 Å². The normalized spacial score (nSPS) is 15.0. The molecule has 0 spiro atoms. The molecule has 3 rings (SSSR count). The molecule has 160 valence electrons. The topological polar surface area (TPSA) is 61.9 Å². The van der Waals surface area contributed by atoms with Crippen LogP contribution in [-0.4, -0.2) is 55.1 Å². The van der Waals surface area contributed by atoms with Crippen LogP contribution in [0.1, 0.15) is 21.5 Å². The highest BCUT2D eigenvalue weighted by atomic mass is 19.4. The Morgan fingerprint density at radius 1 is 1.00 bits per heavy atom. The SMILES string of the molecule is COC(=O)c1ccccc1NC(=O)N1CCN(Cc2ccc(C(F)(F)F)cc2)CC1. The van der Waals surface area contributed by atoms with E-state index in [0.717, 1.165) is 17.7 Å². The van der Waals surface area contributed by atoms with E-state index in [0.29, 0.717) is 38.4 Å². The average Bonchev–Trinajstić information content (AvgIpc) is 2.74. The van der Waals surface area contributed by atoms with E-state index < -0.39 is 17.7 Å². The Kier molecular flexibility index (Phi) is 6.61. The number of hydrogen-bond donors (Lipinski definition) is 1. The number of hydrogen-bond acceptors (Lipinski definition) is 4. The molecule has 1 aliphatic rings. The lowest BCUT2D eigenvalue weighted by atomic mass is 10.1. The van der Waals surface area contributed by atoms with Crippen molar-refractivity contribution in [1.82, 2.24) is 9.80 Å². The molecule has 0 saturated carbocycles. The molecule has 9 heteroatoms. The lowest BCUT2D eigenvalue weighted by Crippen LogP contribution is -2.49. The fourth-order valence-electron chi connectivity index (χ4n) is 3.24. The third-order valence-electron chi connectivity index (χ3n) is 4.92. The second-order valence-corrected chi connectivity index (χ2v) is 6.93. The number of anilines is 1. The zero-order chi connectivity index (χ0) is 21.7. The van der Waals surface area contributed by atoms with Gasteiger partial charge in [0.25, 0.3) is 0 Å². The lowest BCUT2D eigenvalue weighted by Gasteiger charge is -2.34. The maximum Gasteiger partial charge on any atom is 0.416 e. The van der Waals surface area contributed by atoms with Crippen molar-refractivity contribution in [3.8, 4) is 0 Å². The first kappa shape index (κ1) is 21.6. The smallest absolute Gasteiger partial charge is 0.416 e. The van der Waals surface area contributed by atoms with Crippen LogP contribution in [0.25, 0.3) is 0 Å². The van der Waals surface area contributed by atoms with Crippen LogP contribution < -0.4 is 5.32 Å². The molecule has 0 unspecified atom stereocenters. The van der Waals surface area contributed by atoms with E-state index in [1.54, 1.807) is 29.2 Å². The van der Waals surface area contributed by atoms with Gasteiger partial charge in [0, 0.05) is 32.7 Å². The number of halogens is 3. The summed E-state index contributed by atoms with van der Waals surface area (Å²) >= 11 is 0. The Morgan fingerprint density at radius 3 is 2.23 bits per heavy atom. The quantitative estimate of drug-likeness (QED) is 0.762. The number of urea groups is 1. The van der Waals surface area contributed by atoms with Crippen LogP contribution >= 0.6 is 0 Å². The fraction of sp³-hybridized carbons (Fsp3) is 0.333. The molecule has 0 bridgehead atoms. The van der Waals surface area contributed by atoms with Crippen molar-refractivity contribution in [3.63, 3.8) is 0 Å². The standard InChI is InChI=1S/C21H22F3N3O3/c1-30-19(28)17-4-2-3-5-18(17)25-20(29)27-12-10-26(11-13-27)14-15-6-8-16(9-7-15)21(22,23)24/h2-9H,10-14H2,1H3,(H,25,29). The third kappa shape index (κ3) is 5.29. The number of benzene rings is 2. The Labute approximate surface area is 172 Å². The molecule has 0 atom stereocenters. The highest BCUT2D eigenvalue weighted by molar-refractivity contribution is 6.00. The number of ether oxygens (including phenoxy) is 1. The Hall–Kier alpha value is -3.07. The zero-order valence-corrected chi connectivity index (χ0v) is 16.4. The van der Waals surface area contributed by atoms with Gasteiger partial charge in [-0.1, -0.05) is 24.3 Å². The van der Waals surface area contributed by atoms with Crippen LogP contribution in [0.15, 0.2) is 48.5 Å². The Morgan fingerprint density at radius 2 is 1.63 bits per heavy atom. The third-order valence-corrected chi connectivity index (χ3v) is 4.92. The first-order valence-corrected chi connectivity index (χ1v) is 9.39. The molecule has 1 N–H and O–H groups in total. The van der Waals surface area contributed by atoms with E-state index in [2.05, 4.69) is 10.2 Å². The number of para-hydroxylation sites is 1. The predicted molar refractivity (Wildman–Crippen MR) is 105 cm³/mol. The molecule has 2 amide bonds. The molecular formula is C21H22F3N3O3. The zero-order valence-electron chi connectivity index (χ0n) is 16.4. The predicted octanol–water partition coefficient (Wildman–Crippen LogP) is 3.84. The van der Waals surface area contributed by atoms with Crippen LogP contribution in [0.3, 0.4) is 0 Å². The highest BCUT2D eigenvalue weighted by Gasteiger charge is 2.30. The molecule has 1 aliphatic heterocycles. The summed E-state index contributed by atoms with van der Waals surface area (Å²) in [5.41, 5.74) is 0.767. The minimum absolute atomic E-state index is 0.272. The minimum Gasteiger partial charge on any atom is -0.465 e. The van der Waals surface area contributed by atoms with E-state index in [1.807, 2.05) is 0 Å². The number of esters is 1. The largest absolute Gasteiger partial charge is 0.465 e. The molecular weight excluding hydrogens is 399 g/mol. The van der Waals surface area contributed by atoms with Crippen molar-refractivity contribution in [2.75, 3.05) is 38.6 Å². The first-order chi connectivity index (χ1) is 14.3. The van der Waals surface area contributed by atoms with Crippen LogP contribution in [0.5, 0.6) is 0 Å². The van der Waals surface area contributed by atoms with Gasteiger partial charge < -0.3 is 15.0 Å². The van der Waals surface area contributed by atoms with Gasteiger partial charge in [0.2, 0.25) is 0 Å². The number of rotatable bonds is 4. The summed E-state index contributed by atoms with van der Waals surface area (Å²) in [5.74, 6) is -0.535. The summed E-state index contributed by atoms with van der Waals surface area (Å²) in [7, 11) is 1.27. The van der Waals surface area contributed by atoms with E-state index in [1.165, 1.54) is 19.2 Å². The molecule has 0 radical (unpaired) electrons. The van der Waals surface area contributed by atoms with E-state index in [-0.39, 0.29) is 11.6 Å². The van der Waals surface area contributed by atoms with Gasteiger partial charge in [-0.25, -0.2) is 9.59 Å². The summed E-state index contributed by atoms with van der Waals surface area (Å²) in [6, 6.07) is 11.4. The van der Waals surface area contributed by atoms with Gasteiger partial charge in [-0.3, -0.25) is 4.90 Å². The van der Waals surface area contributed by atoms with Crippen LogP contribution in [0.4, 0.5) is 23.7 Å². The minimum atomic E-state index is -4.34. The molecule has 0 aromatic heterocycles. The number of piperazine rings is 1. The Balaban J connectivity index is 1.53. The van der Waals surface area contributed by atoms with Gasteiger partial charge in [-0.05, 0) is 29.8 Å². The molecule has 1 saturated heterocycles. The molecule has 1 heterocycles. The average molecular weight is 421 g/mol. The van der Waals surface area contributed by atoms with E-state index in [4.69, 9.17) is 4.74 Å². The number of alkyl halides is 3. The van der Waals surface area contributed by atoms with E-state index in [9.17, 15) is 22.8 Å². The highest BCUT2D eigenvalue weighted by Crippen LogP contribution is 2.29. The monoisotopic (exact) mass is 421 g/mol. The van der Waals surface area contributed by atoms with Crippen molar-refractivity contribution in [3.05, 3.63) is 65.2 Å². The van der Waals surface area contributed by atoms with Gasteiger partial charge in [0.05, 0.1) is 23.9 Å². The molecule has 2 aromatic carbocycles. The maximum absolute atomic E-state index is 12.7. The number of carbonyl (C=O) groups excluding carboxylic acids is 2. The van der Waals surface area contributed by atoms with Gasteiger partial charge in [0.15, 0.2) is 0 Å². The first-order valence-electron chi connectivity index (χ1n) is 9.39. The fourth-order valence-corrected chi connectivity index (χ4v) is 3.24. The summed E-state index contributed by atoms with van der Waals surface area (Å²) in [6.45, 7) is 2.62. The number of nitrogens with zero attached hydrogens (tertiary/aromatic N) is 2. The lowest BCUT2D eigenvalue weighted by molar-refractivity contribution is -0.137. The number of nitrogens with one attached hydrogen (secondary N) is 1. The van der Waals surface area contributed by atoms with Crippen molar-refractivity contribution < 1.29 is 27.5 Å². The summed E-state index contributed by atoms with van der Waals surface area (Å²) in [5, 5.41) is 2.74. The van der Waals surface area contributed by atoms with Crippen molar-refractivity contribution in [2.45, 2.75) is 12.7 Å². The van der Waals surface area contributed by atoms with Crippen molar-refractivity contribution >= 4 is 17.7 Å². The van der Waals surface area contributed by atoms with Crippen LogP contribution in [0, 0.1) is 0 Å². The molecule has 6 nitrogen and oxygen atoms in total. The molecule has 0 aliphatic carbocycles. The number of methoxy groups -OCH3 is 1. The second kappa shape index (κ2) is 9.17.